The van der Waals surface area contributed by atoms with E-state index in [1.54, 1.807) is 12.4 Å². The zero-order valence-corrected chi connectivity index (χ0v) is 16.9. The van der Waals surface area contributed by atoms with Crippen molar-refractivity contribution in [3.8, 4) is 11.4 Å². The predicted molar refractivity (Wildman–Crippen MR) is 115 cm³/mol. The summed E-state index contributed by atoms with van der Waals surface area (Å²) in [5, 5.41) is 4.01. The number of para-hydroxylation sites is 1. The van der Waals surface area contributed by atoms with Crippen molar-refractivity contribution in [1.29, 1.82) is 0 Å². The van der Waals surface area contributed by atoms with Crippen LogP contribution in [0.2, 0.25) is 0 Å². The summed E-state index contributed by atoms with van der Waals surface area (Å²) in [4.78, 5) is 30.4. The number of carbonyl (C=O) groups excluding carboxylic acids is 1. The molecule has 150 valence electrons. The Bertz CT molecular complexity index is 983. The van der Waals surface area contributed by atoms with Gasteiger partial charge in [0.05, 0.1) is 12.1 Å². The van der Waals surface area contributed by atoms with Crippen molar-refractivity contribution >= 4 is 22.6 Å². The lowest BCUT2D eigenvalue weighted by molar-refractivity contribution is -0.122. The van der Waals surface area contributed by atoms with Gasteiger partial charge in [0, 0.05) is 55.6 Å². The molecule has 0 radical (unpaired) electrons. The zero-order chi connectivity index (χ0) is 20.2. The maximum Gasteiger partial charge on any atom is 0.234 e. The molecular weight excluding hydrogens is 364 g/mol. The number of rotatable bonds is 5. The molecule has 0 saturated carbocycles. The highest BCUT2D eigenvalue weighted by atomic mass is 16.2. The molecule has 1 aliphatic rings. The molecule has 0 bridgehead atoms. The molecule has 7 heteroatoms. The van der Waals surface area contributed by atoms with Gasteiger partial charge in [-0.25, -0.2) is 9.97 Å². The first-order valence-electron chi connectivity index (χ1n) is 10.0. The fourth-order valence-electron chi connectivity index (χ4n) is 3.61. The normalized spacial score (nSPS) is 15.1. The first-order chi connectivity index (χ1) is 14.1. The third kappa shape index (κ3) is 4.51. The molecule has 7 nitrogen and oxygen atoms in total. The van der Waals surface area contributed by atoms with Gasteiger partial charge in [0.15, 0.2) is 5.82 Å². The Labute approximate surface area is 170 Å². The van der Waals surface area contributed by atoms with Gasteiger partial charge in [0.1, 0.15) is 5.82 Å². The number of benzene rings is 1. The Morgan fingerprint density at radius 2 is 1.86 bits per heavy atom. The van der Waals surface area contributed by atoms with Crippen molar-refractivity contribution in [3.63, 3.8) is 0 Å². The van der Waals surface area contributed by atoms with Crippen molar-refractivity contribution < 1.29 is 4.79 Å². The zero-order valence-electron chi connectivity index (χ0n) is 16.9. The van der Waals surface area contributed by atoms with Gasteiger partial charge in [-0.1, -0.05) is 12.1 Å². The summed E-state index contributed by atoms with van der Waals surface area (Å²) in [7, 11) is 0. The maximum absolute atomic E-state index is 12.1. The van der Waals surface area contributed by atoms with Gasteiger partial charge in [-0.3, -0.25) is 14.7 Å². The molecule has 0 spiro atoms. The number of anilines is 1. The second-order valence-corrected chi connectivity index (χ2v) is 7.62. The van der Waals surface area contributed by atoms with Crippen LogP contribution in [0.4, 0.5) is 5.82 Å². The molecule has 2 aromatic heterocycles. The number of piperazine rings is 1. The lowest BCUT2D eigenvalue weighted by Crippen LogP contribution is -2.50. The molecule has 1 amide bonds. The van der Waals surface area contributed by atoms with Crippen molar-refractivity contribution in [2.45, 2.75) is 19.9 Å². The number of aromatic nitrogens is 3. The summed E-state index contributed by atoms with van der Waals surface area (Å²) in [6, 6.07) is 12.2. The third-order valence-corrected chi connectivity index (χ3v) is 4.99. The van der Waals surface area contributed by atoms with Crippen LogP contribution >= 0.6 is 0 Å². The van der Waals surface area contributed by atoms with E-state index in [4.69, 9.17) is 9.97 Å². The average Bonchev–Trinajstić information content (AvgIpc) is 2.73. The smallest absolute Gasteiger partial charge is 0.234 e. The van der Waals surface area contributed by atoms with E-state index in [-0.39, 0.29) is 11.9 Å². The lowest BCUT2D eigenvalue weighted by Gasteiger charge is -2.35. The molecule has 29 heavy (non-hydrogen) atoms. The van der Waals surface area contributed by atoms with Crippen molar-refractivity contribution in [2.75, 3.05) is 37.6 Å². The van der Waals surface area contributed by atoms with Gasteiger partial charge in [0.25, 0.3) is 0 Å². The fraction of sp³-hybridized carbons (Fsp3) is 0.364. The first-order valence-corrected chi connectivity index (χ1v) is 10.0. The van der Waals surface area contributed by atoms with Crippen molar-refractivity contribution in [3.05, 3.63) is 48.8 Å². The topological polar surface area (TPSA) is 74.2 Å². The maximum atomic E-state index is 12.1. The van der Waals surface area contributed by atoms with Gasteiger partial charge in [-0.05, 0) is 38.1 Å². The molecule has 3 heterocycles. The Morgan fingerprint density at radius 3 is 2.59 bits per heavy atom. The van der Waals surface area contributed by atoms with Crippen LogP contribution in [0, 0.1) is 0 Å². The van der Waals surface area contributed by atoms with E-state index >= 15 is 0 Å². The van der Waals surface area contributed by atoms with Crippen LogP contribution in [-0.2, 0) is 4.79 Å². The molecular formula is C22H26N6O. The summed E-state index contributed by atoms with van der Waals surface area (Å²) < 4.78 is 0. The summed E-state index contributed by atoms with van der Waals surface area (Å²) in [5.41, 5.74) is 1.83. The summed E-state index contributed by atoms with van der Waals surface area (Å²) in [6.07, 6.45) is 3.54. The average molecular weight is 390 g/mol. The summed E-state index contributed by atoms with van der Waals surface area (Å²) >= 11 is 0. The number of pyridine rings is 1. The van der Waals surface area contributed by atoms with Crippen LogP contribution in [0.15, 0.2) is 48.8 Å². The van der Waals surface area contributed by atoms with Crippen molar-refractivity contribution in [1.82, 2.24) is 25.2 Å². The van der Waals surface area contributed by atoms with Crippen LogP contribution in [0.3, 0.4) is 0 Å². The Hall–Kier alpha value is -3.06. The first kappa shape index (κ1) is 19.3. The Kier molecular flexibility index (Phi) is 5.67. The number of amides is 1. The predicted octanol–water partition coefficient (Wildman–Crippen LogP) is 2.34. The molecule has 0 aliphatic carbocycles. The minimum absolute atomic E-state index is 0.0831. The molecule has 1 N–H and O–H groups in total. The van der Waals surface area contributed by atoms with Crippen LogP contribution < -0.4 is 10.2 Å². The molecule has 0 atom stereocenters. The Morgan fingerprint density at radius 1 is 1.07 bits per heavy atom. The van der Waals surface area contributed by atoms with E-state index in [1.807, 2.05) is 44.2 Å². The molecule has 1 saturated heterocycles. The van der Waals surface area contributed by atoms with Gasteiger partial charge in [-0.15, -0.1) is 0 Å². The number of hydrogen-bond donors (Lipinski definition) is 1. The van der Waals surface area contributed by atoms with Crippen molar-refractivity contribution in [2.24, 2.45) is 0 Å². The minimum atomic E-state index is 0.0831. The standard InChI is InChI=1S/C22H26N6O/c1-16(2)24-20(29)15-27-10-12-28(13-11-27)22-18-7-3-4-8-19(18)25-21(26-22)17-6-5-9-23-14-17/h3-9,14,16H,10-13,15H2,1-2H3,(H,24,29). The van der Waals surface area contributed by atoms with Gasteiger partial charge in [0.2, 0.25) is 5.91 Å². The summed E-state index contributed by atoms with van der Waals surface area (Å²) in [6.45, 7) is 7.70. The third-order valence-electron chi connectivity index (χ3n) is 4.99. The van der Waals surface area contributed by atoms with E-state index in [2.05, 4.69) is 26.2 Å². The molecule has 4 rings (SSSR count). The van der Waals surface area contributed by atoms with Crippen LogP contribution in [0.25, 0.3) is 22.3 Å². The van der Waals surface area contributed by atoms with Gasteiger partial charge in [-0.2, -0.15) is 0 Å². The SMILES string of the molecule is CC(C)NC(=O)CN1CCN(c2nc(-c3cccnc3)nc3ccccc23)CC1. The van der Waals surface area contributed by atoms with E-state index < -0.39 is 0 Å². The van der Waals surface area contributed by atoms with Crippen LogP contribution in [0.5, 0.6) is 0 Å². The highest BCUT2D eigenvalue weighted by molar-refractivity contribution is 5.91. The van der Waals surface area contributed by atoms with E-state index in [0.717, 1.165) is 48.5 Å². The number of hydrogen-bond acceptors (Lipinski definition) is 6. The monoisotopic (exact) mass is 390 g/mol. The second kappa shape index (κ2) is 8.53. The van der Waals surface area contributed by atoms with Gasteiger partial charge < -0.3 is 10.2 Å². The second-order valence-electron chi connectivity index (χ2n) is 7.62. The Balaban J connectivity index is 1.56. The number of carbonyl (C=O) groups is 1. The quantitative estimate of drug-likeness (QED) is 0.721. The fourth-order valence-corrected chi connectivity index (χ4v) is 3.61. The van der Waals surface area contributed by atoms with E-state index in [1.165, 1.54) is 0 Å². The van der Waals surface area contributed by atoms with E-state index in [0.29, 0.717) is 12.4 Å². The van der Waals surface area contributed by atoms with Crippen LogP contribution in [0.1, 0.15) is 13.8 Å². The largest absolute Gasteiger partial charge is 0.353 e. The number of nitrogens with one attached hydrogen (secondary N) is 1. The lowest BCUT2D eigenvalue weighted by atomic mass is 10.2. The van der Waals surface area contributed by atoms with Gasteiger partial charge >= 0.3 is 0 Å². The molecule has 1 aliphatic heterocycles. The molecule has 0 unspecified atom stereocenters. The molecule has 3 aromatic rings. The highest BCUT2D eigenvalue weighted by Crippen LogP contribution is 2.28. The van der Waals surface area contributed by atoms with E-state index in [9.17, 15) is 4.79 Å². The van der Waals surface area contributed by atoms with Crippen LogP contribution in [-0.4, -0.2) is 64.5 Å². The number of nitrogens with zero attached hydrogens (tertiary/aromatic N) is 5. The minimum Gasteiger partial charge on any atom is -0.353 e. The molecule has 1 aromatic carbocycles. The number of fused-ring (bicyclic) bond motifs is 1. The molecule has 1 fully saturated rings. The highest BCUT2D eigenvalue weighted by Gasteiger charge is 2.22. The summed E-state index contributed by atoms with van der Waals surface area (Å²) in [5.74, 6) is 1.71.